The summed E-state index contributed by atoms with van der Waals surface area (Å²) in [5.41, 5.74) is 0.411. The molecule has 0 aromatic heterocycles. The van der Waals surface area contributed by atoms with Crippen molar-refractivity contribution in [2.45, 2.75) is 38.6 Å². The molecule has 30 heavy (non-hydrogen) atoms. The highest BCUT2D eigenvalue weighted by Gasteiger charge is 2.33. The molecular weight excluding hydrogens is 433 g/mol. The van der Waals surface area contributed by atoms with E-state index in [4.69, 9.17) is 20.6 Å². The van der Waals surface area contributed by atoms with Gasteiger partial charge in [0.05, 0.1) is 11.1 Å². The van der Waals surface area contributed by atoms with Gasteiger partial charge < -0.3 is 15.4 Å². The summed E-state index contributed by atoms with van der Waals surface area (Å²) in [6.07, 6.45) is 2.44. The number of nitrogens with one attached hydrogen (secondary N) is 2. The van der Waals surface area contributed by atoms with Gasteiger partial charge in [0.2, 0.25) is 5.91 Å². The molecule has 0 aliphatic carbocycles. The molecule has 1 aromatic rings. The van der Waals surface area contributed by atoms with E-state index in [-0.39, 0.29) is 29.7 Å². The summed E-state index contributed by atoms with van der Waals surface area (Å²) >= 11 is 6.99. The molecule has 0 spiro atoms. The van der Waals surface area contributed by atoms with Gasteiger partial charge in [0.25, 0.3) is 5.91 Å². The van der Waals surface area contributed by atoms with Crippen LogP contribution in [0.2, 0.25) is 5.02 Å². The number of hydroxylamine groups is 2. The zero-order valence-electron chi connectivity index (χ0n) is 16.9. The second-order valence-corrected chi connectivity index (χ2v) is 7.98. The lowest BCUT2D eigenvalue weighted by Crippen LogP contribution is -2.29. The number of halogens is 2. The zero-order chi connectivity index (χ0) is 21.9. The molecule has 0 saturated carbocycles. The summed E-state index contributed by atoms with van der Waals surface area (Å²) < 4.78 is 24.0. The Bertz CT molecular complexity index is 753. The first-order valence-corrected chi connectivity index (χ1v) is 11.1. The first kappa shape index (κ1) is 24.5. The zero-order valence-corrected chi connectivity index (χ0v) is 18.5. The van der Waals surface area contributed by atoms with Gasteiger partial charge in [0.1, 0.15) is 11.6 Å². The van der Waals surface area contributed by atoms with Crippen molar-refractivity contribution in [3.63, 3.8) is 0 Å². The van der Waals surface area contributed by atoms with Crippen LogP contribution in [0.3, 0.4) is 0 Å². The molecule has 2 amide bonds. The molecule has 0 radical (unpaired) electrons. The molecule has 1 aliphatic rings. The summed E-state index contributed by atoms with van der Waals surface area (Å²) in [5, 5.41) is 7.31. The van der Waals surface area contributed by atoms with E-state index in [0.717, 1.165) is 31.2 Å². The van der Waals surface area contributed by atoms with Crippen LogP contribution in [-0.4, -0.2) is 48.4 Å². The van der Waals surface area contributed by atoms with E-state index in [1.165, 1.54) is 24.2 Å². The number of allylic oxidation sites excluding steroid dienone is 1. The van der Waals surface area contributed by atoms with Gasteiger partial charge in [-0.1, -0.05) is 25.1 Å². The summed E-state index contributed by atoms with van der Waals surface area (Å²) in [5.74, 6) is -0.180. The number of carbonyl (C=O) groups is 2. The highest BCUT2D eigenvalue weighted by Crippen LogP contribution is 2.25. The summed E-state index contributed by atoms with van der Waals surface area (Å²) in [7, 11) is 0. The third-order valence-corrected chi connectivity index (χ3v) is 5.30. The van der Waals surface area contributed by atoms with Crippen molar-refractivity contribution in [1.29, 1.82) is 0 Å². The minimum atomic E-state index is -0.623. The smallest absolute Gasteiger partial charge is 0.262 e. The van der Waals surface area contributed by atoms with E-state index < -0.39 is 11.7 Å². The highest BCUT2D eigenvalue weighted by molar-refractivity contribution is 7.94. The van der Waals surface area contributed by atoms with E-state index in [0.29, 0.717) is 24.7 Å². The van der Waals surface area contributed by atoms with Gasteiger partial charge in [-0.2, -0.15) is 5.06 Å². The molecule has 2 rings (SSSR count). The molecule has 2 atom stereocenters. The molecule has 1 aliphatic heterocycles. The number of benzene rings is 1. The summed E-state index contributed by atoms with van der Waals surface area (Å²) in [6.45, 7) is 7.12. The Kier molecular flexibility index (Phi) is 10.4. The van der Waals surface area contributed by atoms with Crippen LogP contribution in [0.4, 0.5) is 4.39 Å². The fourth-order valence-electron chi connectivity index (χ4n) is 2.41. The van der Waals surface area contributed by atoms with Crippen molar-refractivity contribution < 1.29 is 23.0 Å². The van der Waals surface area contributed by atoms with Crippen LogP contribution in [-0.2, 0) is 13.9 Å². The average molecular weight is 460 g/mol. The van der Waals surface area contributed by atoms with E-state index in [1.54, 1.807) is 0 Å². The van der Waals surface area contributed by atoms with Crippen molar-refractivity contribution >= 4 is 35.5 Å². The van der Waals surface area contributed by atoms with Gasteiger partial charge in [-0.25, -0.2) is 8.67 Å². The van der Waals surface area contributed by atoms with Crippen LogP contribution in [0.15, 0.2) is 30.5 Å². The highest BCUT2D eigenvalue weighted by atomic mass is 35.5. The first-order chi connectivity index (χ1) is 14.4. The minimum absolute atomic E-state index is 0.0214. The lowest BCUT2D eigenvalue weighted by molar-refractivity contribution is -0.123. The monoisotopic (exact) mass is 459 g/mol. The SMILES string of the molecule is C=C(CCC(=O)NCCCSON1CC1CC)NC(=O)COc1ccc(Cl)c(F)c1. The normalized spacial score (nSPS) is 17.3. The summed E-state index contributed by atoms with van der Waals surface area (Å²) in [4.78, 5) is 23.7. The molecule has 166 valence electrons. The molecule has 2 N–H and O–H groups in total. The third kappa shape index (κ3) is 9.34. The quantitative estimate of drug-likeness (QED) is 0.252. The van der Waals surface area contributed by atoms with E-state index >= 15 is 0 Å². The molecular formula is C20H27ClFN3O4S. The topological polar surface area (TPSA) is 79.7 Å². The van der Waals surface area contributed by atoms with Crippen molar-refractivity contribution in [2.24, 2.45) is 0 Å². The average Bonchev–Trinajstić information content (AvgIpc) is 3.48. The standard InChI is InChI=1S/C20H27ClFN3O4S/c1-3-15-12-25(15)29-30-10-4-9-23-19(26)8-5-14(2)24-20(27)13-28-16-6-7-17(21)18(22)11-16/h6-7,11,15H,2-5,8-10,12-13H2,1H3,(H,23,26)(H,24,27). The largest absolute Gasteiger partial charge is 0.484 e. The molecule has 0 bridgehead atoms. The second-order valence-electron chi connectivity index (χ2n) is 6.78. The molecule has 2 unspecified atom stereocenters. The number of amides is 2. The number of rotatable bonds is 14. The molecule has 1 aromatic carbocycles. The van der Waals surface area contributed by atoms with Crippen LogP contribution in [0.5, 0.6) is 5.75 Å². The van der Waals surface area contributed by atoms with Gasteiger partial charge in [-0.05, 0) is 31.4 Å². The van der Waals surface area contributed by atoms with Crippen LogP contribution in [0.25, 0.3) is 0 Å². The Hall–Kier alpha value is -1.81. The van der Waals surface area contributed by atoms with E-state index in [1.807, 2.05) is 5.06 Å². The Morgan fingerprint density at radius 1 is 1.37 bits per heavy atom. The number of hydrogen-bond donors (Lipinski definition) is 2. The van der Waals surface area contributed by atoms with E-state index in [2.05, 4.69) is 24.1 Å². The first-order valence-electron chi connectivity index (χ1n) is 9.77. The minimum Gasteiger partial charge on any atom is -0.484 e. The Labute approximate surface area is 185 Å². The Balaban J connectivity index is 1.48. The van der Waals surface area contributed by atoms with Crippen molar-refractivity contribution in [2.75, 3.05) is 25.4 Å². The number of hydrogen-bond acceptors (Lipinski definition) is 6. The molecule has 10 heteroatoms. The van der Waals surface area contributed by atoms with Gasteiger partial charge in [0, 0.05) is 49.1 Å². The molecule has 7 nitrogen and oxygen atoms in total. The predicted molar refractivity (Wildman–Crippen MR) is 115 cm³/mol. The Morgan fingerprint density at radius 3 is 2.87 bits per heavy atom. The van der Waals surface area contributed by atoms with Gasteiger partial charge >= 0.3 is 0 Å². The van der Waals surface area contributed by atoms with E-state index in [9.17, 15) is 14.0 Å². The number of ether oxygens (including phenoxy) is 1. The fraction of sp³-hybridized carbons (Fsp3) is 0.500. The van der Waals surface area contributed by atoms with Gasteiger partial charge in [-0.15, -0.1) is 0 Å². The van der Waals surface area contributed by atoms with Crippen LogP contribution in [0.1, 0.15) is 32.6 Å². The number of nitrogens with zero attached hydrogens (tertiary/aromatic N) is 1. The van der Waals surface area contributed by atoms with Crippen LogP contribution < -0.4 is 15.4 Å². The maximum Gasteiger partial charge on any atom is 0.262 e. The molecule has 1 heterocycles. The lowest BCUT2D eigenvalue weighted by atomic mass is 10.2. The van der Waals surface area contributed by atoms with Crippen LogP contribution >= 0.6 is 23.6 Å². The Morgan fingerprint density at radius 2 is 2.17 bits per heavy atom. The van der Waals surface area contributed by atoms with Crippen LogP contribution in [0, 0.1) is 5.82 Å². The molecule has 1 fully saturated rings. The fourth-order valence-corrected chi connectivity index (χ4v) is 3.18. The maximum absolute atomic E-state index is 13.3. The number of carbonyl (C=O) groups excluding carboxylic acids is 2. The van der Waals surface area contributed by atoms with Crippen molar-refractivity contribution in [3.05, 3.63) is 41.3 Å². The predicted octanol–water partition coefficient (Wildman–Crippen LogP) is 3.45. The van der Waals surface area contributed by atoms with Gasteiger partial charge in [0.15, 0.2) is 6.61 Å². The van der Waals surface area contributed by atoms with Gasteiger partial charge in [-0.3, -0.25) is 9.59 Å². The van der Waals surface area contributed by atoms with Crippen molar-refractivity contribution in [1.82, 2.24) is 15.7 Å². The second kappa shape index (κ2) is 12.8. The van der Waals surface area contributed by atoms with Crippen molar-refractivity contribution in [3.8, 4) is 5.75 Å². The maximum atomic E-state index is 13.3. The lowest BCUT2D eigenvalue weighted by Gasteiger charge is -2.10. The third-order valence-electron chi connectivity index (χ3n) is 4.24. The summed E-state index contributed by atoms with van der Waals surface area (Å²) in [6, 6.07) is 4.47. The molecule has 1 saturated heterocycles.